The highest BCUT2D eigenvalue weighted by atomic mass is 16.5. The van der Waals surface area contributed by atoms with Gasteiger partial charge in [-0.2, -0.15) is 0 Å². The zero-order chi connectivity index (χ0) is 9.31. The molecule has 1 aromatic heterocycles. The highest BCUT2D eigenvalue weighted by molar-refractivity contribution is 5.01. The number of rotatable bonds is 2. The molecule has 3 nitrogen and oxygen atoms in total. The quantitative estimate of drug-likeness (QED) is 0.745. The third-order valence-corrected chi connectivity index (χ3v) is 2.61. The van der Waals surface area contributed by atoms with Gasteiger partial charge >= 0.3 is 0 Å². The van der Waals surface area contributed by atoms with E-state index in [0.29, 0.717) is 6.04 Å². The molecule has 0 aromatic carbocycles. The van der Waals surface area contributed by atoms with Crippen molar-refractivity contribution in [1.82, 2.24) is 4.68 Å². The lowest BCUT2D eigenvalue weighted by atomic mass is 9.88. The van der Waals surface area contributed by atoms with Crippen LogP contribution in [0.25, 0.3) is 0 Å². The molecule has 1 aliphatic rings. The first kappa shape index (κ1) is 8.63. The van der Waals surface area contributed by atoms with Crippen LogP contribution in [-0.2, 0) is 4.74 Å². The Hall–Kier alpha value is -0.960. The SMILES string of the molecule is CC1(C)COCC1Nn1cccc1. The van der Waals surface area contributed by atoms with Crippen molar-refractivity contribution in [3.05, 3.63) is 24.5 Å². The summed E-state index contributed by atoms with van der Waals surface area (Å²) in [5.41, 5.74) is 3.63. The van der Waals surface area contributed by atoms with E-state index in [2.05, 4.69) is 19.3 Å². The van der Waals surface area contributed by atoms with E-state index in [4.69, 9.17) is 4.74 Å². The summed E-state index contributed by atoms with van der Waals surface area (Å²) >= 11 is 0. The molecule has 2 heterocycles. The Morgan fingerprint density at radius 2 is 2.08 bits per heavy atom. The monoisotopic (exact) mass is 180 g/mol. The molecule has 0 spiro atoms. The number of nitrogens with one attached hydrogen (secondary N) is 1. The van der Waals surface area contributed by atoms with Crippen LogP contribution in [0.4, 0.5) is 0 Å². The molecule has 1 aromatic rings. The average molecular weight is 180 g/mol. The molecule has 0 radical (unpaired) electrons. The Bertz CT molecular complexity index is 266. The summed E-state index contributed by atoms with van der Waals surface area (Å²) in [6, 6.07) is 4.42. The third kappa shape index (κ3) is 1.70. The molecule has 1 N–H and O–H groups in total. The molecule has 3 heteroatoms. The van der Waals surface area contributed by atoms with Gasteiger partial charge in [0, 0.05) is 17.8 Å². The van der Waals surface area contributed by atoms with Crippen molar-refractivity contribution >= 4 is 0 Å². The van der Waals surface area contributed by atoms with E-state index < -0.39 is 0 Å². The molecule has 1 fully saturated rings. The average Bonchev–Trinajstić information content (AvgIpc) is 2.63. The largest absolute Gasteiger partial charge is 0.379 e. The number of ether oxygens (including phenoxy) is 1. The molecule has 0 amide bonds. The van der Waals surface area contributed by atoms with Crippen molar-refractivity contribution in [1.29, 1.82) is 0 Å². The van der Waals surface area contributed by atoms with Gasteiger partial charge in [-0.3, -0.25) is 4.68 Å². The highest BCUT2D eigenvalue weighted by Gasteiger charge is 2.35. The zero-order valence-corrected chi connectivity index (χ0v) is 8.16. The molecule has 0 saturated carbocycles. The van der Waals surface area contributed by atoms with Crippen LogP contribution in [0.1, 0.15) is 13.8 Å². The maximum atomic E-state index is 5.45. The molecule has 0 aliphatic carbocycles. The Balaban J connectivity index is 2.02. The van der Waals surface area contributed by atoms with Gasteiger partial charge in [0.05, 0.1) is 19.3 Å². The van der Waals surface area contributed by atoms with Gasteiger partial charge < -0.3 is 10.2 Å². The fraction of sp³-hybridized carbons (Fsp3) is 0.600. The summed E-state index contributed by atoms with van der Waals surface area (Å²) in [4.78, 5) is 0. The summed E-state index contributed by atoms with van der Waals surface area (Å²) < 4.78 is 7.43. The van der Waals surface area contributed by atoms with Crippen LogP contribution in [-0.4, -0.2) is 23.9 Å². The Morgan fingerprint density at radius 3 is 2.62 bits per heavy atom. The van der Waals surface area contributed by atoms with Gasteiger partial charge in [0.15, 0.2) is 0 Å². The zero-order valence-electron chi connectivity index (χ0n) is 8.16. The van der Waals surface area contributed by atoms with E-state index in [0.717, 1.165) is 13.2 Å². The maximum absolute atomic E-state index is 5.45. The van der Waals surface area contributed by atoms with Gasteiger partial charge in [-0.1, -0.05) is 13.8 Å². The second-order valence-corrected chi connectivity index (χ2v) is 4.28. The van der Waals surface area contributed by atoms with E-state index in [-0.39, 0.29) is 5.41 Å². The van der Waals surface area contributed by atoms with Crippen molar-refractivity contribution in [2.45, 2.75) is 19.9 Å². The molecule has 72 valence electrons. The summed E-state index contributed by atoms with van der Waals surface area (Å²) in [6.07, 6.45) is 4.02. The van der Waals surface area contributed by atoms with Crippen LogP contribution >= 0.6 is 0 Å². The highest BCUT2D eigenvalue weighted by Crippen LogP contribution is 2.27. The number of aromatic nitrogens is 1. The number of nitrogens with zero attached hydrogens (tertiary/aromatic N) is 1. The summed E-state index contributed by atoms with van der Waals surface area (Å²) in [7, 11) is 0. The van der Waals surface area contributed by atoms with Crippen molar-refractivity contribution in [3.8, 4) is 0 Å². The van der Waals surface area contributed by atoms with Gasteiger partial charge in [-0.25, -0.2) is 0 Å². The third-order valence-electron chi connectivity index (χ3n) is 2.61. The molecular weight excluding hydrogens is 164 g/mol. The predicted octanol–water partition coefficient (Wildman–Crippen LogP) is 1.46. The van der Waals surface area contributed by atoms with E-state index in [1.807, 2.05) is 29.2 Å². The first-order chi connectivity index (χ1) is 6.18. The fourth-order valence-electron chi connectivity index (χ4n) is 1.58. The Morgan fingerprint density at radius 1 is 1.38 bits per heavy atom. The second kappa shape index (κ2) is 3.07. The van der Waals surface area contributed by atoms with E-state index in [9.17, 15) is 0 Å². The topological polar surface area (TPSA) is 26.2 Å². The van der Waals surface area contributed by atoms with E-state index in [1.54, 1.807) is 0 Å². The van der Waals surface area contributed by atoms with Crippen LogP contribution in [0.2, 0.25) is 0 Å². The normalized spacial score (nSPS) is 26.2. The summed E-state index contributed by atoms with van der Waals surface area (Å²) in [6.45, 7) is 6.08. The summed E-state index contributed by atoms with van der Waals surface area (Å²) in [5.74, 6) is 0. The van der Waals surface area contributed by atoms with Gasteiger partial charge in [-0.15, -0.1) is 0 Å². The lowest BCUT2D eigenvalue weighted by Gasteiger charge is -2.26. The molecule has 1 saturated heterocycles. The van der Waals surface area contributed by atoms with Crippen LogP contribution in [0.15, 0.2) is 24.5 Å². The van der Waals surface area contributed by atoms with Crippen LogP contribution < -0.4 is 5.43 Å². The molecule has 1 aliphatic heterocycles. The smallest absolute Gasteiger partial charge is 0.0730 e. The van der Waals surface area contributed by atoms with Gasteiger partial charge in [0.2, 0.25) is 0 Å². The minimum atomic E-state index is 0.226. The van der Waals surface area contributed by atoms with E-state index >= 15 is 0 Å². The molecular formula is C10H16N2O. The lowest BCUT2D eigenvalue weighted by Crippen LogP contribution is -2.38. The molecule has 1 unspecified atom stereocenters. The molecule has 0 bridgehead atoms. The van der Waals surface area contributed by atoms with Crippen molar-refractivity contribution in [2.75, 3.05) is 18.6 Å². The predicted molar refractivity (Wildman–Crippen MR) is 52.2 cm³/mol. The van der Waals surface area contributed by atoms with Gasteiger partial charge in [-0.05, 0) is 12.1 Å². The van der Waals surface area contributed by atoms with Gasteiger partial charge in [0.1, 0.15) is 0 Å². The molecule has 1 atom stereocenters. The minimum absolute atomic E-state index is 0.226. The lowest BCUT2D eigenvalue weighted by molar-refractivity contribution is 0.167. The molecule has 13 heavy (non-hydrogen) atoms. The first-order valence-electron chi connectivity index (χ1n) is 4.66. The molecule has 2 rings (SSSR count). The maximum Gasteiger partial charge on any atom is 0.0730 e. The van der Waals surface area contributed by atoms with Crippen molar-refractivity contribution in [2.24, 2.45) is 5.41 Å². The van der Waals surface area contributed by atoms with Crippen LogP contribution in [0, 0.1) is 5.41 Å². The van der Waals surface area contributed by atoms with E-state index in [1.165, 1.54) is 0 Å². The Kier molecular flexibility index (Phi) is 2.04. The van der Waals surface area contributed by atoms with Crippen LogP contribution in [0.5, 0.6) is 0 Å². The Labute approximate surface area is 78.7 Å². The van der Waals surface area contributed by atoms with Crippen LogP contribution in [0.3, 0.4) is 0 Å². The van der Waals surface area contributed by atoms with Gasteiger partial charge in [0.25, 0.3) is 0 Å². The van der Waals surface area contributed by atoms with Crippen molar-refractivity contribution in [3.63, 3.8) is 0 Å². The minimum Gasteiger partial charge on any atom is -0.379 e. The van der Waals surface area contributed by atoms with Crippen molar-refractivity contribution < 1.29 is 4.74 Å². The second-order valence-electron chi connectivity index (χ2n) is 4.28. The standard InChI is InChI=1S/C10H16N2O/c1-10(2)8-13-7-9(10)11-12-5-3-4-6-12/h3-6,9,11H,7-8H2,1-2H3. The fourth-order valence-corrected chi connectivity index (χ4v) is 1.58. The first-order valence-corrected chi connectivity index (χ1v) is 4.66. The summed E-state index contributed by atoms with van der Waals surface area (Å²) in [5, 5.41) is 0. The number of hydrogen-bond donors (Lipinski definition) is 1. The number of hydrogen-bond acceptors (Lipinski definition) is 2.